The van der Waals surface area contributed by atoms with Crippen molar-refractivity contribution in [2.45, 2.75) is 24.5 Å². The van der Waals surface area contributed by atoms with E-state index in [1.54, 1.807) is 25.9 Å². The Morgan fingerprint density at radius 1 is 1.25 bits per heavy atom. The highest BCUT2D eigenvalue weighted by Crippen LogP contribution is 2.25. The molecule has 2 aromatic heterocycles. The van der Waals surface area contributed by atoms with E-state index in [1.807, 2.05) is 4.57 Å². The minimum absolute atomic E-state index is 0.0716. The summed E-state index contributed by atoms with van der Waals surface area (Å²) in [7, 11) is 3.32. The number of carbonyl (C=O) groups is 1. The molecule has 11 heteroatoms. The summed E-state index contributed by atoms with van der Waals surface area (Å²) in [6.45, 7) is 4.78. The summed E-state index contributed by atoms with van der Waals surface area (Å²) in [4.78, 5) is 30.3. The molecule has 0 saturated carbocycles. The molecule has 154 valence electrons. The molecular weight excluding hydrogens is 402 g/mol. The van der Waals surface area contributed by atoms with E-state index in [9.17, 15) is 9.59 Å². The average Bonchev–Trinajstić information content (AvgIpc) is 3.04. The second-order valence-electron chi connectivity index (χ2n) is 6.72. The summed E-state index contributed by atoms with van der Waals surface area (Å²) in [5.41, 5.74) is 1.02. The maximum Gasteiger partial charge on any atom is 0.330 e. The topological polar surface area (TPSA) is 94.5 Å². The van der Waals surface area contributed by atoms with E-state index in [-0.39, 0.29) is 12.1 Å². The van der Waals surface area contributed by atoms with Crippen LogP contribution in [0.3, 0.4) is 0 Å². The minimum Gasteiger partial charge on any atom is -0.481 e. The van der Waals surface area contributed by atoms with Crippen molar-refractivity contribution in [1.29, 1.82) is 0 Å². The summed E-state index contributed by atoms with van der Waals surface area (Å²) >= 11 is 7.11. The number of hydrogen-bond donors (Lipinski definition) is 1. The first kappa shape index (κ1) is 21.0. The van der Waals surface area contributed by atoms with E-state index in [0.717, 1.165) is 43.8 Å². The molecule has 9 nitrogen and oxygen atoms in total. The Morgan fingerprint density at radius 2 is 1.96 bits per heavy atom. The molecule has 0 amide bonds. The molecule has 1 fully saturated rings. The lowest BCUT2D eigenvalue weighted by atomic mass is 10.3. The van der Waals surface area contributed by atoms with Gasteiger partial charge in [0.15, 0.2) is 10.8 Å². The van der Waals surface area contributed by atoms with Crippen LogP contribution in [0.5, 0.6) is 0 Å². The van der Waals surface area contributed by atoms with E-state index >= 15 is 0 Å². The van der Waals surface area contributed by atoms with Gasteiger partial charge in [-0.05, 0) is 6.42 Å². The van der Waals surface area contributed by atoms with E-state index in [1.165, 1.54) is 9.13 Å². The van der Waals surface area contributed by atoms with E-state index in [2.05, 4.69) is 9.88 Å². The second-order valence-corrected chi connectivity index (χ2v) is 8.17. The fraction of sp³-hybridized carbons (Fsp3) is 0.647. The number of ether oxygens (including phenoxy) is 1. The predicted molar refractivity (Wildman–Crippen MR) is 110 cm³/mol. The Balaban J connectivity index is 1.89. The molecule has 3 rings (SSSR count). The Labute approximate surface area is 171 Å². The number of carboxylic acid groups (broad SMARTS) is 1. The maximum absolute atomic E-state index is 12.4. The van der Waals surface area contributed by atoms with Crippen LogP contribution < -0.4 is 5.69 Å². The van der Waals surface area contributed by atoms with Gasteiger partial charge in [0, 0.05) is 52.4 Å². The summed E-state index contributed by atoms with van der Waals surface area (Å²) in [6.07, 6.45) is 0.543. The molecule has 0 bridgehead atoms. The number of imidazole rings is 1. The van der Waals surface area contributed by atoms with Gasteiger partial charge < -0.3 is 14.4 Å². The van der Waals surface area contributed by atoms with Crippen LogP contribution in [0.25, 0.3) is 11.2 Å². The zero-order chi connectivity index (χ0) is 20.3. The fourth-order valence-electron chi connectivity index (χ4n) is 3.22. The Morgan fingerprint density at radius 3 is 2.64 bits per heavy atom. The van der Waals surface area contributed by atoms with Gasteiger partial charge >= 0.3 is 11.7 Å². The normalized spacial score (nSPS) is 15.4. The SMILES string of the molecule is Cn1c(=S)c2c(nc(SCCN3CCOCC3)n2CCCC(=O)O)n(C)c1=O. The predicted octanol–water partition coefficient (Wildman–Crippen LogP) is 1.09. The van der Waals surface area contributed by atoms with Crippen molar-refractivity contribution in [3.05, 3.63) is 15.1 Å². The van der Waals surface area contributed by atoms with Crippen molar-refractivity contribution < 1.29 is 14.6 Å². The molecule has 28 heavy (non-hydrogen) atoms. The number of aromatic nitrogens is 4. The van der Waals surface area contributed by atoms with Crippen molar-refractivity contribution in [1.82, 2.24) is 23.6 Å². The van der Waals surface area contributed by atoms with Crippen molar-refractivity contribution >= 4 is 41.1 Å². The van der Waals surface area contributed by atoms with Gasteiger partial charge in [-0.1, -0.05) is 24.0 Å². The highest BCUT2D eigenvalue weighted by molar-refractivity contribution is 7.99. The molecule has 3 heterocycles. The van der Waals surface area contributed by atoms with E-state index in [4.69, 9.17) is 22.1 Å². The number of carboxylic acids is 1. The van der Waals surface area contributed by atoms with Gasteiger partial charge in [0.1, 0.15) is 10.2 Å². The van der Waals surface area contributed by atoms with Crippen LogP contribution in [-0.2, 0) is 30.2 Å². The molecule has 0 aliphatic carbocycles. The zero-order valence-electron chi connectivity index (χ0n) is 16.1. The van der Waals surface area contributed by atoms with Gasteiger partial charge in [0.25, 0.3) is 0 Å². The number of rotatable bonds is 8. The zero-order valence-corrected chi connectivity index (χ0v) is 17.7. The molecule has 1 saturated heterocycles. The lowest BCUT2D eigenvalue weighted by Crippen LogP contribution is -2.37. The van der Waals surface area contributed by atoms with Gasteiger partial charge in [-0.3, -0.25) is 18.8 Å². The lowest BCUT2D eigenvalue weighted by Gasteiger charge is -2.26. The largest absolute Gasteiger partial charge is 0.481 e. The molecule has 1 N–H and O–H groups in total. The van der Waals surface area contributed by atoms with Gasteiger partial charge in [-0.25, -0.2) is 9.78 Å². The van der Waals surface area contributed by atoms with Gasteiger partial charge in [-0.2, -0.15) is 0 Å². The summed E-state index contributed by atoms with van der Waals surface area (Å²) < 4.78 is 10.7. The molecule has 0 unspecified atom stereocenters. The summed E-state index contributed by atoms with van der Waals surface area (Å²) in [6, 6.07) is 0. The Hall–Kier alpha value is -1.69. The van der Waals surface area contributed by atoms with Crippen LogP contribution >= 0.6 is 24.0 Å². The molecule has 2 aromatic rings. The number of fused-ring (bicyclic) bond motifs is 1. The Kier molecular flexibility index (Phi) is 6.91. The molecular formula is C17H25N5O4S2. The van der Waals surface area contributed by atoms with Crippen LogP contribution in [0.1, 0.15) is 12.8 Å². The molecule has 1 aliphatic heterocycles. The quantitative estimate of drug-likeness (QED) is 0.494. The van der Waals surface area contributed by atoms with Crippen molar-refractivity contribution in [3.8, 4) is 0 Å². The maximum atomic E-state index is 12.4. The first-order chi connectivity index (χ1) is 13.4. The monoisotopic (exact) mass is 427 g/mol. The first-order valence-corrected chi connectivity index (χ1v) is 10.6. The summed E-state index contributed by atoms with van der Waals surface area (Å²) in [5.74, 6) is 0.0113. The third-order valence-electron chi connectivity index (χ3n) is 4.83. The minimum atomic E-state index is -0.831. The van der Waals surface area contributed by atoms with E-state index in [0.29, 0.717) is 28.8 Å². The number of morpholine rings is 1. The molecule has 0 spiro atoms. The standard InChI is InChI=1S/C17H25N5O4S2/c1-19-14-13(15(27)20(2)17(19)25)22(5-3-4-12(23)24)16(18-14)28-11-8-21-6-9-26-10-7-21/h3-11H2,1-2H3,(H,23,24). The fourth-order valence-corrected chi connectivity index (χ4v) is 4.52. The van der Waals surface area contributed by atoms with Crippen molar-refractivity contribution in [2.75, 3.05) is 38.6 Å². The van der Waals surface area contributed by atoms with E-state index < -0.39 is 5.97 Å². The molecule has 0 atom stereocenters. The summed E-state index contributed by atoms with van der Waals surface area (Å²) in [5, 5.41) is 9.74. The smallest absolute Gasteiger partial charge is 0.330 e. The van der Waals surface area contributed by atoms with Gasteiger partial charge in [0.05, 0.1) is 13.2 Å². The van der Waals surface area contributed by atoms with Gasteiger partial charge in [0.2, 0.25) is 0 Å². The highest BCUT2D eigenvalue weighted by atomic mass is 32.2. The number of hydrogen-bond acceptors (Lipinski definition) is 7. The number of thioether (sulfide) groups is 1. The molecule has 0 aromatic carbocycles. The average molecular weight is 428 g/mol. The highest BCUT2D eigenvalue weighted by Gasteiger charge is 2.18. The third-order valence-corrected chi connectivity index (χ3v) is 6.25. The lowest BCUT2D eigenvalue weighted by molar-refractivity contribution is -0.137. The number of aryl methyl sites for hydroxylation is 2. The molecule has 1 aliphatic rings. The first-order valence-electron chi connectivity index (χ1n) is 9.21. The molecule has 0 radical (unpaired) electrons. The third kappa shape index (κ3) is 4.48. The van der Waals surface area contributed by atoms with Crippen LogP contribution in [-0.4, -0.2) is 73.3 Å². The van der Waals surface area contributed by atoms with Crippen molar-refractivity contribution in [3.63, 3.8) is 0 Å². The van der Waals surface area contributed by atoms with Crippen LogP contribution in [0.15, 0.2) is 9.95 Å². The Bertz CT molecular complexity index is 975. The second kappa shape index (κ2) is 9.21. The van der Waals surface area contributed by atoms with Gasteiger partial charge in [-0.15, -0.1) is 0 Å². The number of aliphatic carboxylic acids is 1. The number of nitrogens with zero attached hydrogens (tertiary/aromatic N) is 5. The van der Waals surface area contributed by atoms with Crippen LogP contribution in [0.4, 0.5) is 0 Å². The van der Waals surface area contributed by atoms with Crippen molar-refractivity contribution in [2.24, 2.45) is 14.1 Å². The van der Waals surface area contributed by atoms with Crippen LogP contribution in [0.2, 0.25) is 0 Å². The van der Waals surface area contributed by atoms with Crippen LogP contribution in [0, 0.1) is 4.64 Å².